The van der Waals surface area contributed by atoms with E-state index in [0.29, 0.717) is 49.6 Å². The molecule has 0 saturated heterocycles. The molecule has 0 amide bonds. The number of rotatable bonds is 8. The predicted octanol–water partition coefficient (Wildman–Crippen LogP) is 3.82. The van der Waals surface area contributed by atoms with Crippen molar-refractivity contribution in [1.82, 2.24) is 9.55 Å². The van der Waals surface area contributed by atoms with Gasteiger partial charge in [0.25, 0.3) is 0 Å². The number of aromatic nitrogens is 2. The molecule has 0 unspecified atom stereocenters. The Morgan fingerprint density at radius 1 is 1.23 bits per heavy atom. The molecule has 2 N–H and O–H groups in total. The Morgan fingerprint density at radius 3 is 2.63 bits per heavy atom. The first-order valence-electron chi connectivity index (χ1n) is 9.49. The lowest BCUT2D eigenvalue weighted by Gasteiger charge is -2.15. The van der Waals surface area contributed by atoms with Crippen LogP contribution < -0.4 is 16.1 Å². The molecule has 0 aliphatic rings. The van der Waals surface area contributed by atoms with E-state index in [1.807, 2.05) is 6.92 Å². The standard InChI is InChI=1S/C20H21F3N2O5/c1-2-5-13-15(29-9-4-3-8-25-16(26)11-24-19(25)28)7-6-12-14(20(21,22)23)10-17(27)30-18(12)13/h6-7,10-11,26H,2-5,8-9H2,1H3,(H,24,28). The van der Waals surface area contributed by atoms with Crippen LogP contribution in [0.4, 0.5) is 13.2 Å². The maximum absolute atomic E-state index is 13.3. The van der Waals surface area contributed by atoms with Gasteiger partial charge in [0.05, 0.1) is 18.4 Å². The van der Waals surface area contributed by atoms with E-state index in [4.69, 9.17) is 9.15 Å². The summed E-state index contributed by atoms with van der Waals surface area (Å²) in [6.45, 7) is 2.39. The van der Waals surface area contributed by atoms with Crippen molar-refractivity contribution in [3.05, 3.63) is 56.4 Å². The summed E-state index contributed by atoms with van der Waals surface area (Å²) in [5.74, 6) is 0.199. The molecule has 0 saturated carbocycles. The number of fused-ring (bicyclic) bond motifs is 1. The summed E-state index contributed by atoms with van der Waals surface area (Å²) in [5, 5.41) is 9.37. The number of hydrogen-bond donors (Lipinski definition) is 2. The number of nitrogens with one attached hydrogen (secondary N) is 1. The zero-order valence-corrected chi connectivity index (χ0v) is 16.2. The van der Waals surface area contributed by atoms with Crippen molar-refractivity contribution in [2.75, 3.05) is 6.61 Å². The van der Waals surface area contributed by atoms with Crippen LogP contribution >= 0.6 is 0 Å². The molecule has 7 nitrogen and oxygen atoms in total. The number of alkyl halides is 3. The van der Waals surface area contributed by atoms with Crippen LogP contribution in [0.3, 0.4) is 0 Å². The van der Waals surface area contributed by atoms with Gasteiger partial charge in [0.1, 0.15) is 11.3 Å². The third-order valence-electron chi connectivity index (χ3n) is 4.66. The minimum absolute atomic E-state index is 0.113. The van der Waals surface area contributed by atoms with Crippen molar-refractivity contribution in [1.29, 1.82) is 0 Å². The first kappa shape index (κ1) is 21.5. The van der Waals surface area contributed by atoms with Crippen LogP contribution in [0, 0.1) is 0 Å². The molecule has 0 aliphatic heterocycles. The van der Waals surface area contributed by atoms with Crippen LogP contribution in [0.2, 0.25) is 0 Å². The number of aromatic hydroxyl groups is 1. The number of aromatic amines is 1. The smallest absolute Gasteiger partial charge is 0.417 e. The first-order chi connectivity index (χ1) is 14.2. The number of nitrogens with zero attached hydrogens (tertiary/aromatic N) is 1. The molecule has 1 aromatic carbocycles. The molecular weight excluding hydrogens is 405 g/mol. The number of benzene rings is 1. The summed E-state index contributed by atoms with van der Waals surface area (Å²) in [7, 11) is 0. The fourth-order valence-corrected chi connectivity index (χ4v) is 3.28. The predicted molar refractivity (Wildman–Crippen MR) is 103 cm³/mol. The van der Waals surface area contributed by atoms with Crippen LogP contribution in [0.5, 0.6) is 11.6 Å². The van der Waals surface area contributed by atoms with Gasteiger partial charge in [0, 0.05) is 23.6 Å². The highest BCUT2D eigenvalue weighted by Gasteiger charge is 2.34. The van der Waals surface area contributed by atoms with Gasteiger partial charge in [-0.3, -0.25) is 4.57 Å². The Morgan fingerprint density at radius 2 is 2.00 bits per heavy atom. The van der Waals surface area contributed by atoms with E-state index >= 15 is 0 Å². The summed E-state index contributed by atoms with van der Waals surface area (Å²) in [4.78, 5) is 25.6. The minimum atomic E-state index is -4.68. The first-order valence-corrected chi connectivity index (χ1v) is 9.49. The second-order valence-corrected chi connectivity index (χ2v) is 6.81. The summed E-state index contributed by atoms with van der Waals surface area (Å²) < 4.78 is 52.0. The van der Waals surface area contributed by atoms with Crippen LogP contribution in [0.25, 0.3) is 11.0 Å². The molecule has 30 heavy (non-hydrogen) atoms. The fourth-order valence-electron chi connectivity index (χ4n) is 3.28. The van der Waals surface area contributed by atoms with Crippen molar-refractivity contribution < 1.29 is 27.4 Å². The zero-order chi connectivity index (χ0) is 21.9. The van der Waals surface area contributed by atoms with Gasteiger partial charge in [-0.2, -0.15) is 13.2 Å². The van der Waals surface area contributed by atoms with Crippen LogP contribution in [-0.4, -0.2) is 21.3 Å². The molecule has 162 valence electrons. The van der Waals surface area contributed by atoms with E-state index < -0.39 is 23.1 Å². The van der Waals surface area contributed by atoms with E-state index in [9.17, 15) is 27.9 Å². The highest BCUT2D eigenvalue weighted by molar-refractivity contribution is 5.85. The number of hydrogen-bond acceptors (Lipinski definition) is 5. The Kier molecular flexibility index (Phi) is 6.23. The highest BCUT2D eigenvalue weighted by atomic mass is 19.4. The molecule has 2 aromatic heterocycles. The normalized spacial score (nSPS) is 11.9. The quantitative estimate of drug-likeness (QED) is 0.422. The zero-order valence-electron chi connectivity index (χ0n) is 16.2. The van der Waals surface area contributed by atoms with E-state index in [1.165, 1.54) is 22.9 Å². The van der Waals surface area contributed by atoms with E-state index in [1.54, 1.807) is 0 Å². The summed E-state index contributed by atoms with van der Waals surface area (Å²) >= 11 is 0. The Hall–Kier alpha value is -3.17. The van der Waals surface area contributed by atoms with Gasteiger partial charge in [0.15, 0.2) is 0 Å². The second kappa shape index (κ2) is 8.68. The Labute approximate surface area is 168 Å². The fraction of sp³-hybridized carbons (Fsp3) is 0.400. The summed E-state index contributed by atoms with van der Waals surface area (Å²) in [5.41, 5.74) is -2.21. The molecule has 3 rings (SSSR count). The Balaban J connectivity index is 1.79. The third-order valence-corrected chi connectivity index (χ3v) is 4.66. The molecule has 0 bridgehead atoms. The number of imidazole rings is 1. The number of H-pyrrole nitrogens is 1. The summed E-state index contributed by atoms with van der Waals surface area (Å²) in [6.07, 6.45) is -1.41. The topological polar surface area (TPSA) is 97.5 Å². The molecule has 10 heteroatoms. The van der Waals surface area contributed by atoms with Crippen molar-refractivity contribution in [2.45, 2.75) is 45.3 Å². The number of aryl methyl sites for hydroxylation is 1. The Bertz CT molecular complexity index is 1140. The average molecular weight is 426 g/mol. The van der Waals surface area contributed by atoms with Gasteiger partial charge >= 0.3 is 17.5 Å². The maximum atomic E-state index is 13.3. The van der Waals surface area contributed by atoms with Crippen molar-refractivity contribution in [3.63, 3.8) is 0 Å². The monoisotopic (exact) mass is 426 g/mol. The lowest BCUT2D eigenvalue weighted by atomic mass is 10.0. The van der Waals surface area contributed by atoms with Gasteiger partial charge in [-0.15, -0.1) is 0 Å². The van der Waals surface area contributed by atoms with Crippen LogP contribution in [0.1, 0.15) is 37.3 Å². The lowest BCUT2D eigenvalue weighted by Crippen LogP contribution is -2.17. The number of ether oxygens (including phenoxy) is 1. The molecule has 0 atom stereocenters. The molecule has 2 heterocycles. The molecule has 3 aromatic rings. The van der Waals surface area contributed by atoms with E-state index in [-0.39, 0.29) is 23.5 Å². The van der Waals surface area contributed by atoms with Gasteiger partial charge in [0.2, 0.25) is 5.88 Å². The SMILES string of the molecule is CCCc1c(OCCCCn2c(O)c[nH]c2=O)ccc2c(C(F)(F)F)cc(=O)oc12. The van der Waals surface area contributed by atoms with Crippen LogP contribution in [0.15, 0.2) is 38.4 Å². The highest BCUT2D eigenvalue weighted by Crippen LogP contribution is 2.37. The summed E-state index contributed by atoms with van der Waals surface area (Å²) in [6, 6.07) is 3.15. The van der Waals surface area contributed by atoms with Crippen molar-refractivity contribution >= 4 is 11.0 Å². The molecule has 0 aliphatic carbocycles. The molecule has 0 fully saturated rings. The molecule has 0 radical (unpaired) electrons. The number of unbranched alkanes of at least 4 members (excludes halogenated alkanes) is 1. The van der Waals surface area contributed by atoms with E-state index in [2.05, 4.69) is 4.98 Å². The minimum Gasteiger partial charge on any atom is -0.493 e. The molecule has 0 spiro atoms. The van der Waals surface area contributed by atoms with Crippen LogP contribution in [-0.2, 0) is 19.1 Å². The van der Waals surface area contributed by atoms with Crippen molar-refractivity contribution in [2.24, 2.45) is 0 Å². The van der Waals surface area contributed by atoms with Gasteiger partial charge in [-0.25, -0.2) is 9.59 Å². The number of halogens is 3. The lowest BCUT2D eigenvalue weighted by molar-refractivity contribution is -0.136. The van der Waals surface area contributed by atoms with Crippen molar-refractivity contribution in [3.8, 4) is 11.6 Å². The average Bonchev–Trinajstić information content (AvgIpc) is 3.00. The van der Waals surface area contributed by atoms with Gasteiger partial charge < -0.3 is 19.2 Å². The largest absolute Gasteiger partial charge is 0.493 e. The maximum Gasteiger partial charge on any atom is 0.417 e. The second-order valence-electron chi connectivity index (χ2n) is 6.81. The molecular formula is C20H21F3N2O5. The van der Waals surface area contributed by atoms with Gasteiger partial charge in [-0.1, -0.05) is 13.3 Å². The van der Waals surface area contributed by atoms with E-state index in [0.717, 1.165) is 0 Å². The van der Waals surface area contributed by atoms with Gasteiger partial charge in [-0.05, 0) is 31.4 Å². The third kappa shape index (κ3) is 4.52.